The molecule has 1 atom stereocenters. The Morgan fingerprint density at radius 1 is 1.30 bits per heavy atom. The zero-order valence-electron chi connectivity index (χ0n) is 11.3. The molecular weight excluding hydrogens is 280 g/mol. The molecule has 1 aromatic rings. The van der Waals surface area contributed by atoms with Gasteiger partial charge in [-0.25, -0.2) is 23.1 Å². The van der Waals surface area contributed by atoms with Gasteiger partial charge in [0.05, 0.1) is 12.4 Å². The molecule has 2 heterocycles. The van der Waals surface area contributed by atoms with E-state index in [9.17, 15) is 8.42 Å². The highest BCUT2D eigenvalue weighted by Gasteiger charge is 2.38. The van der Waals surface area contributed by atoms with Crippen LogP contribution in [0.5, 0.6) is 5.88 Å². The summed E-state index contributed by atoms with van der Waals surface area (Å²) in [4.78, 5) is 10.4. The second-order valence-electron chi connectivity index (χ2n) is 5.18. The molecule has 3 rings (SSSR count). The van der Waals surface area contributed by atoms with Crippen LogP contribution in [-0.4, -0.2) is 49.9 Å². The summed E-state index contributed by atoms with van der Waals surface area (Å²) >= 11 is 0. The minimum atomic E-state index is -3.14. The van der Waals surface area contributed by atoms with Crippen molar-refractivity contribution in [2.75, 3.05) is 25.1 Å². The maximum atomic E-state index is 11.9. The van der Waals surface area contributed by atoms with Gasteiger partial charge in [0, 0.05) is 31.5 Å². The molecule has 1 saturated carbocycles. The van der Waals surface area contributed by atoms with Crippen LogP contribution < -0.4 is 14.4 Å². The van der Waals surface area contributed by atoms with E-state index in [-0.39, 0.29) is 11.3 Å². The molecule has 0 aromatic carbocycles. The first-order valence-corrected chi connectivity index (χ1v) is 8.26. The van der Waals surface area contributed by atoms with E-state index in [0.29, 0.717) is 18.2 Å². The largest absolute Gasteiger partial charge is 0.478 e. The normalized spacial score (nSPS) is 23.1. The van der Waals surface area contributed by atoms with E-state index >= 15 is 0 Å². The molecule has 0 spiro atoms. The van der Waals surface area contributed by atoms with Gasteiger partial charge < -0.3 is 9.64 Å². The summed E-state index contributed by atoms with van der Waals surface area (Å²) in [5.74, 6) is 1.14. The Kier molecular flexibility index (Phi) is 3.51. The molecule has 0 radical (unpaired) electrons. The lowest BCUT2D eigenvalue weighted by molar-refractivity contribution is 0.396. The average molecular weight is 298 g/mol. The molecule has 0 amide bonds. The van der Waals surface area contributed by atoms with E-state index in [1.807, 2.05) is 4.90 Å². The zero-order chi connectivity index (χ0) is 14.2. The van der Waals surface area contributed by atoms with Crippen molar-refractivity contribution in [2.45, 2.75) is 30.6 Å². The lowest BCUT2D eigenvalue weighted by Crippen LogP contribution is -2.39. The summed E-state index contributed by atoms with van der Waals surface area (Å²) in [6.07, 6.45) is 5.52. The summed E-state index contributed by atoms with van der Waals surface area (Å²) in [5.41, 5.74) is 0. The lowest BCUT2D eigenvalue weighted by Gasteiger charge is -2.19. The number of anilines is 1. The Bertz CT molecular complexity index is 588. The lowest BCUT2D eigenvalue weighted by atomic mass is 10.3. The fraction of sp³-hybridized carbons (Fsp3) is 0.667. The Morgan fingerprint density at radius 3 is 2.75 bits per heavy atom. The number of methoxy groups -OCH3 is 1. The number of ether oxygens (including phenoxy) is 1. The first-order chi connectivity index (χ1) is 9.60. The smallest absolute Gasteiger partial charge is 0.257 e. The van der Waals surface area contributed by atoms with E-state index in [2.05, 4.69) is 14.7 Å². The number of nitrogens with zero attached hydrogens (tertiary/aromatic N) is 3. The Balaban J connectivity index is 1.67. The van der Waals surface area contributed by atoms with Crippen LogP contribution in [0, 0.1) is 0 Å². The van der Waals surface area contributed by atoms with Gasteiger partial charge in [-0.1, -0.05) is 0 Å². The van der Waals surface area contributed by atoms with Gasteiger partial charge in [0.2, 0.25) is 10.0 Å². The van der Waals surface area contributed by atoms with Crippen molar-refractivity contribution in [3.05, 3.63) is 12.4 Å². The van der Waals surface area contributed by atoms with Gasteiger partial charge in [0.1, 0.15) is 0 Å². The number of nitrogens with one attached hydrogen (secondary N) is 1. The molecule has 2 aliphatic rings. The quantitative estimate of drug-likeness (QED) is 0.833. The van der Waals surface area contributed by atoms with Crippen LogP contribution >= 0.6 is 0 Å². The molecule has 7 nitrogen and oxygen atoms in total. The summed E-state index contributed by atoms with van der Waals surface area (Å²) in [7, 11) is -1.58. The molecule has 110 valence electrons. The predicted octanol–water partition coefficient (Wildman–Crippen LogP) is 0.146. The van der Waals surface area contributed by atoms with Crippen molar-refractivity contribution >= 4 is 15.8 Å². The van der Waals surface area contributed by atoms with Gasteiger partial charge in [0.25, 0.3) is 5.88 Å². The minimum Gasteiger partial charge on any atom is -0.478 e. The Hall–Kier alpha value is -1.41. The van der Waals surface area contributed by atoms with E-state index in [0.717, 1.165) is 25.8 Å². The summed E-state index contributed by atoms with van der Waals surface area (Å²) in [6, 6.07) is -0.0627. The standard InChI is InChI=1S/C12H18N4O3S/c1-19-12-11(13-5-6-14-12)16-7-4-9(8-16)15-20(17,18)10-2-3-10/h5-6,9-10,15H,2-4,7-8H2,1H3. The molecule has 2 fully saturated rings. The number of hydrogen-bond acceptors (Lipinski definition) is 6. The summed E-state index contributed by atoms with van der Waals surface area (Å²) in [6.45, 7) is 1.34. The highest BCUT2D eigenvalue weighted by molar-refractivity contribution is 7.90. The number of sulfonamides is 1. The van der Waals surface area contributed by atoms with Crippen LogP contribution in [0.1, 0.15) is 19.3 Å². The van der Waals surface area contributed by atoms with Crippen LogP contribution in [0.15, 0.2) is 12.4 Å². The van der Waals surface area contributed by atoms with Crippen molar-refractivity contribution in [1.29, 1.82) is 0 Å². The Labute approximate surface area is 118 Å². The first-order valence-electron chi connectivity index (χ1n) is 6.71. The van der Waals surface area contributed by atoms with E-state index in [1.54, 1.807) is 19.5 Å². The number of hydrogen-bond donors (Lipinski definition) is 1. The maximum absolute atomic E-state index is 11.9. The Morgan fingerprint density at radius 2 is 2.05 bits per heavy atom. The van der Waals surface area contributed by atoms with Gasteiger partial charge in [0.15, 0.2) is 5.82 Å². The first kappa shape index (κ1) is 13.6. The third kappa shape index (κ3) is 2.71. The maximum Gasteiger partial charge on any atom is 0.257 e. The van der Waals surface area contributed by atoms with Gasteiger partial charge in [-0.05, 0) is 19.3 Å². The molecule has 8 heteroatoms. The van der Waals surface area contributed by atoms with E-state index in [4.69, 9.17) is 4.74 Å². The van der Waals surface area contributed by atoms with Crippen LogP contribution in [0.3, 0.4) is 0 Å². The van der Waals surface area contributed by atoms with Gasteiger partial charge in [-0.3, -0.25) is 0 Å². The molecule has 0 bridgehead atoms. The van der Waals surface area contributed by atoms with Crippen molar-refractivity contribution in [3.8, 4) is 5.88 Å². The van der Waals surface area contributed by atoms with Crippen LogP contribution in [0.2, 0.25) is 0 Å². The summed E-state index contributed by atoms with van der Waals surface area (Å²) in [5, 5.41) is -0.178. The highest BCUT2D eigenvalue weighted by atomic mass is 32.2. The predicted molar refractivity (Wildman–Crippen MR) is 74.3 cm³/mol. The molecule has 1 aliphatic heterocycles. The summed E-state index contributed by atoms with van der Waals surface area (Å²) < 4.78 is 31.8. The monoisotopic (exact) mass is 298 g/mol. The second kappa shape index (κ2) is 5.17. The van der Waals surface area contributed by atoms with Gasteiger partial charge in [-0.2, -0.15) is 0 Å². The second-order valence-corrected chi connectivity index (χ2v) is 7.18. The molecule has 1 unspecified atom stereocenters. The molecule has 1 saturated heterocycles. The van der Waals surface area contributed by atoms with Crippen molar-refractivity contribution in [2.24, 2.45) is 0 Å². The van der Waals surface area contributed by atoms with Crippen LogP contribution in [0.25, 0.3) is 0 Å². The average Bonchev–Trinajstić information content (AvgIpc) is 3.21. The van der Waals surface area contributed by atoms with E-state index in [1.165, 1.54) is 0 Å². The number of aromatic nitrogens is 2. The number of rotatable bonds is 5. The third-order valence-corrected chi connectivity index (χ3v) is 5.63. The van der Waals surface area contributed by atoms with Crippen LogP contribution in [-0.2, 0) is 10.0 Å². The molecular formula is C12H18N4O3S. The SMILES string of the molecule is COc1nccnc1N1CCC(NS(=O)(=O)C2CC2)C1. The van der Waals surface area contributed by atoms with E-state index < -0.39 is 10.0 Å². The van der Waals surface area contributed by atoms with Crippen molar-refractivity contribution in [3.63, 3.8) is 0 Å². The van der Waals surface area contributed by atoms with Gasteiger partial charge in [-0.15, -0.1) is 0 Å². The fourth-order valence-corrected chi connectivity index (χ4v) is 4.04. The molecule has 1 aromatic heterocycles. The highest BCUT2D eigenvalue weighted by Crippen LogP contribution is 2.29. The van der Waals surface area contributed by atoms with Crippen molar-refractivity contribution in [1.82, 2.24) is 14.7 Å². The minimum absolute atomic E-state index is 0.0627. The fourth-order valence-electron chi connectivity index (χ4n) is 2.43. The van der Waals surface area contributed by atoms with Crippen molar-refractivity contribution < 1.29 is 13.2 Å². The molecule has 1 N–H and O–H groups in total. The molecule has 20 heavy (non-hydrogen) atoms. The topological polar surface area (TPSA) is 84.4 Å². The van der Waals surface area contributed by atoms with Gasteiger partial charge >= 0.3 is 0 Å². The molecule has 1 aliphatic carbocycles. The zero-order valence-corrected chi connectivity index (χ0v) is 12.1. The third-order valence-electron chi connectivity index (χ3n) is 3.62. The van der Waals surface area contributed by atoms with Crippen LogP contribution in [0.4, 0.5) is 5.82 Å².